The number of carboxylic acid groups (broad SMARTS) is 1. The summed E-state index contributed by atoms with van der Waals surface area (Å²) in [5.41, 5.74) is 0. The summed E-state index contributed by atoms with van der Waals surface area (Å²) in [5.74, 6) is -1.98. The summed E-state index contributed by atoms with van der Waals surface area (Å²) < 4.78 is 22.9. The minimum Gasteiger partial charge on any atom is -0.477 e. The number of carbonyl (C=O) groups excluding carboxylic acids is 2. The Balaban J connectivity index is 4.13. The normalized spacial score (nSPS) is 12.9. The number of nitrogens with zero attached hydrogens (tertiary/aromatic N) is 1. The predicted molar refractivity (Wildman–Crippen MR) is 300 cm³/mol. The van der Waals surface area contributed by atoms with Crippen molar-refractivity contribution in [3.8, 4) is 0 Å². The molecule has 0 spiro atoms. The number of carbonyl (C=O) groups is 3. The van der Waals surface area contributed by atoms with Gasteiger partial charge in [-0.25, -0.2) is 4.79 Å². The number of aliphatic carboxylic acids is 1. The number of hydrogen-bond donors (Lipinski definition) is 1. The second-order valence-corrected chi connectivity index (χ2v) is 22.0. The van der Waals surface area contributed by atoms with E-state index in [0.29, 0.717) is 17.4 Å². The largest absolute Gasteiger partial charge is 0.477 e. The lowest BCUT2D eigenvalue weighted by molar-refractivity contribution is -0.870. The zero-order valence-corrected chi connectivity index (χ0v) is 47.7. The first kappa shape index (κ1) is 68.8. The van der Waals surface area contributed by atoms with Crippen LogP contribution in [0.2, 0.25) is 0 Å². The Bertz CT molecular complexity index is 1210. The smallest absolute Gasteiger partial charge is 0.361 e. The molecule has 0 radical (unpaired) electrons. The highest BCUT2D eigenvalue weighted by atomic mass is 16.7. The number of carboxylic acids is 1. The molecule has 9 nitrogen and oxygen atoms in total. The Morgan fingerprint density at radius 2 is 0.761 bits per heavy atom. The van der Waals surface area contributed by atoms with Crippen LogP contribution in [-0.2, 0) is 33.3 Å². The maximum atomic E-state index is 12.9. The summed E-state index contributed by atoms with van der Waals surface area (Å²) >= 11 is 0. The molecule has 0 aliphatic carbocycles. The second-order valence-electron chi connectivity index (χ2n) is 22.0. The molecule has 2 atom stereocenters. The van der Waals surface area contributed by atoms with Crippen molar-refractivity contribution in [2.75, 3.05) is 47.5 Å². The standard InChI is InChI=1S/C62H117NO8/c1-6-8-10-12-14-16-18-20-22-24-25-26-27-28-29-30-31-32-33-34-35-37-39-41-43-45-47-49-51-53-60(65)71-58(57-70-62(61(66)67)68-55-54-63(3,4)5)56-69-59(64)52-50-48-46-44-42-40-38-36-23-21-19-17-15-13-11-9-7-2/h18,20,24-25,58,62H,6-17,19,21-23,26-57H2,1-5H3/p+1/b20-18-,25-24-. The fraction of sp³-hybridized carbons (Fsp3) is 0.887. The summed E-state index contributed by atoms with van der Waals surface area (Å²) in [4.78, 5) is 37.4. The monoisotopic (exact) mass is 1000 g/mol. The van der Waals surface area contributed by atoms with Crippen LogP contribution in [0.25, 0.3) is 0 Å². The van der Waals surface area contributed by atoms with Gasteiger partial charge in [-0.2, -0.15) is 0 Å². The average molecular weight is 1010 g/mol. The topological polar surface area (TPSA) is 108 Å². The van der Waals surface area contributed by atoms with E-state index in [-0.39, 0.29) is 38.2 Å². The Labute approximate surface area is 439 Å². The minimum atomic E-state index is -1.51. The van der Waals surface area contributed by atoms with Gasteiger partial charge in [-0.15, -0.1) is 0 Å². The molecule has 0 fully saturated rings. The Kier molecular flexibility index (Phi) is 52.3. The van der Waals surface area contributed by atoms with Gasteiger partial charge in [-0.05, 0) is 44.9 Å². The van der Waals surface area contributed by atoms with Crippen molar-refractivity contribution in [1.82, 2.24) is 0 Å². The molecule has 71 heavy (non-hydrogen) atoms. The minimum absolute atomic E-state index is 0.175. The molecule has 0 bridgehead atoms. The molecule has 0 heterocycles. The van der Waals surface area contributed by atoms with Crippen molar-refractivity contribution in [2.45, 2.75) is 309 Å². The van der Waals surface area contributed by atoms with E-state index >= 15 is 0 Å². The van der Waals surface area contributed by atoms with Gasteiger partial charge in [-0.1, -0.05) is 263 Å². The second kappa shape index (κ2) is 54.0. The number of quaternary nitrogens is 1. The van der Waals surface area contributed by atoms with Crippen molar-refractivity contribution >= 4 is 17.9 Å². The molecule has 9 heteroatoms. The fourth-order valence-corrected chi connectivity index (χ4v) is 8.99. The molecule has 0 rings (SSSR count). The van der Waals surface area contributed by atoms with E-state index in [1.165, 1.54) is 225 Å². The molecule has 0 amide bonds. The van der Waals surface area contributed by atoms with E-state index in [0.717, 1.165) is 44.9 Å². The maximum Gasteiger partial charge on any atom is 0.361 e. The van der Waals surface area contributed by atoms with Crippen molar-refractivity contribution in [1.29, 1.82) is 0 Å². The third kappa shape index (κ3) is 55.4. The van der Waals surface area contributed by atoms with E-state index in [2.05, 4.69) is 38.2 Å². The van der Waals surface area contributed by atoms with Crippen LogP contribution < -0.4 is 0 Å². The van der Waals surface area contributed by atoms with Crippen LogP contribution >= 0.6 is 0 Å². The summed E-state index contributed by atoms with van der Waals surface area (Å²) in [6, 6.07) is 0. The maximum absolute atomic E-state index is 12.9. The van der Waals surface area contributed by atoms with E-state index in [4.69, 9.17) is 18.9 Å². The molecule has 0 aromatic rings. The van der Waals surface area contributed by atoms with E-state index < -0.39 is 18.4 Å². The Hall–Kier alpha value is -2.23. The molecule has 418 valence electrons. The lowest BCUT2D eigenvalue weighted by Gasteiger charge is -2.25. The van der Waals surface area contributed by atoms with Gasteiger partial charge in [0.25, 0.3) is 6.29 Å². The van der Waals surface area contributed by atoms with Crippen molar-refractivity contribution in [3.63, 3.8) is 0 Å². The number of unbranched alkanes of at least 4 members (excludes halogenated alkanes) is 38. The first-order chi connectivity index (χ1) is 34.6. The van der Waals surface area contributed by atoms with Crippen molar-refractivity contribution < 1.29 is 42.9 Å². The van der Waals surface area contributed by atoms with Gasteiger partial charge in [0, 0.05) is 12.8 Å². The van der Waals surface area contributed by atoms with E-state index in [1.54, 1.807) is 0 Å². The third-order valence-electron chi connectivity index (χ3n) is 13.7. The fourth-order valence-electron chi connectivity index (χ4n) is 8.99. The molecule has 0 aromatic carbocycles. The van der Waals surface area contributed by atoms with Crippen LogP contribution in [0.1, 0.15) is 296 Å². The molecular weight excluding hydrogens is 887 g/mol. The van der Waals surface area contributed by atoms with Crippen LogP contribution in [-0.4, -0.2) is 87.4 Å². The highest BCUT2D eigenvalue weighted by Crippen LogP contribution is 2.18. The highest BCUT2D eigenvalue weighted by Gasteiger charge is 2.25. The molecule has 1 N–H and O–H groups in total. The number of ether oxygens (including phenoxy) is 4. The van der Waals surface area contributed by atoms with Gasteiger partial charge < -0.3 is 28.5 Å². The number of allylic oxidation sites excluding steroid dienone is 4. The zero-order chi connectivity index (χ0) is 52.0. The van der Waals surface area contributed by atoms with Crippen LogP contribution in [0, 0.1) is 0 Å². The predicted octanol–water partition coefficient (Wildman–Crippen LogP) is 17.9. The quantitative estimate of drug-likeness (QED) is 0.0211. The molecule has 0 saturated heterocycles. The molecule has 2 unspecified atom stereocenters. The zero-order valence-electron chi connectivity index (χ0n) is 47.7. The van der Waals surface area contributed by atoms with Crippen LogP contribution in [0.5, 0.6) is 0 Å². The van der Waals surface area contributed by atoms with Crippen molar-refractivity contribution in [3.05, 3.63) is 24.3 Å². The summed E-state index contributed by atoms with van der Waals surface area (Å²) in [6.07, 6.45) is 61.2. The van der Waals surface area contributed by atoms with Gasteiger partial charge in [-0.3, -0.25) is 9.59 Å². The van der Waals surface area contributed by atoms with Crippen LogP contribution in [0.15, 0.2) is 24.3 Å². The summed E-state index contributed by atoms with van der Waals surface area (Å²) in [5, 5.41) is 9.71. The van der Waals surface area contributed by atoms with Gasteiger partial charge in [0.1, 0.15) is 13.2 Å². The van der Waals surface area contributed by atoms with Crippen molar-refractivity contribution in [2.24, 2.45) is 0 Å². The van der Waals surface area contributed by atoms with Gasteiger partial charge in [0.15, 0.2) is 6.10 Å². The SMILES string of the molecule is CCCCCCC/C=C\C/C=C\CCCCCCCCCCCCCCCCCCCC(=O)OC(COC(=O)CCCCCCCCCCCCCCCCCCC)COC(OCC[N+](C)(C)C)C(=O)O. The van der Waals surface area contributed by atoms with Gasteiger partial charge >= 0.3 is 17.9 Å². The molecule has 0 aliphatic heterocycles. The van der Waals surface area contributed by atoms with Gasteiger partial charge in [0.2, 0.25) is 0 Å². The molecule has 0 aromatic heterocycles. The number of hydrogen-bond acceptors (Lipinski definition) is 7. The van der Waals surface area contributed by atoms with E-state index in [1.807, 2.05) is 21.1 Å². The molecule has 0 aliphatic rings. The van der Waals surface area contributed by atoms with Gasteiger partial charge in [0.05, 0.1) is 34.4 Å². The molecular formula is C62H118NO8+. The summed E-state index contributed by atoms with van der Waals surface area (Å²) in [6.45, 7) is 4.92. The Morgan fingerprint density at radius 3 is 1.11 bits per heavy atom. The highest BCUT2D eigenvalue weighted by molar-refractivity contribution is 5.71. The number of likely N-dealkylation sites (N-methyl/N-ethyl adjacent to an activating group) is 1. The summed E-state index contributed by atoms with van der Waals surface area (Å²) in [7, 11) is 5.98. The van der Waals surface area contributed by atoms with Crippen LogP contribution in [0.3, 0.4) is 0 Å². The van der Waals surface area contributed by atoms with E-state index in [9.17, 15) is 19.5 Å². The first-order valence-electron chi connectivity index (χ1n) is 30.5. The lowest BCUT2D eigenvalue weighted by Crippen LogP contribution is -2.40. The third-order valence-corrected chi connectivity index (χ3v) is 13.7. The lowest BCUT2D eigenvalue weighted by atomic mass is 10.0. The number of esters is 2. The number of rotatable bonds is 57. The Morgan fingerprint density at radius 1 is 0.423 bits per heavy atom. The van der Waals surface area contributed by atoms with Crippen LogP contribution in [0.4, 0.5) is 0 Å². The first-order valence-corrected chi connectivity index (χ1v) is 30.5. The average Bonchev–Trinajstić information content (AvgIpc) is 3.34. The molecule has 0 saturated carbocycles.